The largest absolute Gasteiger partial charge is 0.270 e. The molecule has 126 valence electrons. The SMILES string of the molecule is O=[N+]([O-])c1cccc(-c2nc(-c3ccccc3)nc(C(Cl)(Cl)Cl)n2)c1. The van der Waals surface area contributed by atoms with E-state index in [1.165, 1.54) is 18.2 Å². The Labute approximate surface area is 157 Å². The summed E-state index contributed by atoms with van der Waals surface area (Å²) >= 11 is 17.8. The fraction of sp³-hybridized carbons (Fsp3) is 0.0625. The minimum absolute atomic E-state index is 0.0622. The number of rotatable bonds is 3. The molecule has 3 aromatic rings. The Balaban J connectivity index is 2.19. The third-order valence-corrected chi connectivity index (χ3v) is 3.74. The molecule has 0 aliphatic carbocycles. The lowest BCUT2D eigenvalue weighted by Gasteiger charge is -2.12. The molecular formula is C16H9Cl3N4O2. The molecule has 0 aliphatic heterocycles. The van der Waals surface area contributed by atoms with Crippen LogP contribution in [0, 0.1) is 10.1 Å². The number of halogens is 3. The van der Waals surface area contributed by atoms with E-state index in [0.717, 1.165) is 0 Å². The normalized spacial score (nSPS) is 11.3. The summed E-state index contributed by atoms with van der Waals surface area (Å²) in [6.07, 6.45) is 0. The molecule has 0 fully saturated rings. The van der Waals surface area contributed by atoms with Crippen LogP contribution in [0.1, 0.15) is 5.82 Å². The molecule has 3 rings (SSSR count). The van der Waals surface area contributed by atoms with Crippen LogP contribution in [0.2, 0.25) is 0 Å². The first-order valence-electron chi connectivity index (χ1n) is 6.98. The van der Waals surface area contributed by atoms with Gasteiger partial charge in [-0.05, 0) is 0 Å². The zero-order valence-corrected chi connectivity index (χ0v) is 14.7. The Morgan fingerprint density at radius 3 is 2.04 bits per heavy atom. The average molecular weight is 396 g/mol. The van der Waals surface area contributed by atoms with E-state index in [1.807, 2.05) is 18.2 Å². The highest BCUT2D eigenvalue weighted by Gasteiger charge is 2.29. The number of benzene rings is 2. The quantitative estimate of drug-likeness (QED) is 0.356. The van der Waals surface area contributed by atoms with Crippen molar-refractivity contribution in [1.29, 1.82) is 0 Å². The van der Waals surface area contributed by atoms with Crippen LogP contribution in [0.4, 0.5) is 5.69 Å². The van der Waals surface area contributed by atoms with Gasteiger partial charge in [-0.15, -0.1) is 0 Å². The standard InChI is InChI=1S/C16H9Cl3N4O2/c17-16(18,19)15-21-13(10-5-2-1-3-6-10)20-14(22-15)11-7-4-8-12(9-11)23(24)25/h1-9H. The van der Waals surface area contributed by atoms with Crippen LogP contribution in [0.3, 0.4) is 0 Å². The summed E-state index contributed by atoms with van der Waals surface area (Å²) in [5, 5.41) is 11.0. The maximum Gasteiger partial charge on any atom is 0.270 e. The van der Waals surface area contributed by atoms with Crippen LogP contribution in [-0.4, -0.2) is 19.9 Å². The van der Waals surface area contributed by atoms with Crippen LogP contribution in [0.15, 0.2) is 54.6 Å². The molecular weight excluding hydrogens is 387 g/mol. The Bertz CT molecular complexity index is 930. The average Bonchev–Trinajstić information content (AvgIpc) is 2.61. The molecule has 0 bridgehead atoms. The van der Waals surface area contributed by atoms with E-state index in [0.29, 0.717) is 17.0 Å². The number of aromatic nitrogens is 3. The topological polar surface area (TPSA) is 81.8 Å². The third-order valence-electron chi connectivity index (χ3n) is 3.24. The second-order valence-electron chi connectivity index (χ2n) is 4.98. The van der Waals surface area contributed by atoms with Gasteiger partial charge in [0.05, 0.1) is 4.92 Å². The maximum atomic E-state index is 11.0. The van der Waals surface area contributed by atoms with Gasteiger partial charge in [-0.1, -0.05) is 77.3 Å². The molecule has 0 aliphatic rings. The van der Waals surface area contributed by atoms with Crippen LogP contribution in [0.5, 0.6) is 0 Å². The van der Waals surface area contributed by atoms with Gasteiger partial charge >= 0.3 is 0 Å². The van der Waals surface area contributed by atoms with E-state index in [9.17, 15) is 10.1 Å². The molecule has 1 aromatic heterocycles. The number of nitro benzene ring substituents is 1. The van der Waals surface area contributed by atoms with Crippen LogP contribution >= 0.6 is 34.8 Å². The summed E-state index contributed by atoms with van der Waals surface area (Å²) in [5.74, 6) is 0.421. The van der Waals surface area contributed by atoms with Crippen molar-refractivity contribution in [3.63, 3.8) is 0 Å². The maximum absolute atomic E-state index is 11.0. The molecule has 9 heteroatoms. The molecule has 0 saturated carbocycles. The van der Waals surface area contributed by atoms with Gasteiger partial charge in [-0.2, -0.15) is 0 Å². The van der Waals surface area contributed by atoms with Crippen LogP contribution in [0.25, 0.3) is 22.8 Å². The van der Waals surface area contributed by atoms with Gasteiger partial charge in [0, 0.05) is 23.3 Å². The summed E-state index contributed by atoms with van der Waals surface area (Å²) in [4.78, 5) is 23.2. The lowest BCUT2D eigenvalue weighted by atomic mass is 10.1. The van der Waals surface area contributed by atoms with Crippen molar-refractivity contribution in [3.8, 4) is 22.8 Å². The Morgan fingerprint density at radius 2 is 1.44 bits per heavy atom. The van der Waals surface area contributed by atoms with Crippen LogP contribution in [-0.2, 0) is 3.79 Å². The zero-order valence-electron chi connectivity index (χ0n) is 12.4. The lowest BCUT2D eigenvalue weighted by Crippen LogP contribution is -2.11. The monoisotopic (exact) mass is 394 g/mol. The molecule has 2 aromatic carbocycles. The number of alkyl halides is 3. The smallest absolute Gasteiger partial charge is 0.258 e. The number of hydrogen-bond acceptors (Lipinski definition) is 5. The summed E-state index contributed by atoms with van der Waals surface area (Å²) in [6, 6.07) is 15.0. The highest BCUT2D eigenvalue weighted by atomic mass is 35.6. The molecule has 1 heterocycles. The van der Waals surface area contributed by atoms with Gasteiger partial charge in [-0.25, -0.2) is 15.0 Å². The Hall–Kier alpha value is -2.28. The summed E-state index contributed by atoms with van der Waals surface area (Å²) in [6.45, 7) is 0. The van der Waals surface area contributed by atoms with E-state index in [2.05, 4.69) is 15.0 Å². The van der Waals surface area contributed by atoms with E-state index in [-0.39, 0.29) is 17.3 Å². The third kappa shape index (κ3) is 4.04. The van der Waals surface area contributed by atoms with Gasteiger partial charge < -0.3 is 0 Å². The highest BCUT2D eigenvalue weighted by Crippen LogP contribution is 2.37. The number of non-ortho nitro benzene ring substituents is 1. The zero-order chi connectivity index (χ0) is 18.0. The van der Waals surface area contributed by atoms with Crippen molar-refractivity contribution in [3.05, 3.63) is 70.5 Å². The number of nitro groups is 1. The Morgan fingerprint density at radius 1 is 0.840 bits per heavy atom. The number of nitrogens with zero attached hydrogens (tertiary/aromatic N) is 4. The van der Waals surface area contributed by atoms with Crippen molar-refractivity contribution >= 4 is 40.5 Å². The fourth-order valence-electron chi connectivity index (χ4n) is 2.11. The summed E-state index contributed by atoms with van der Waals surface area (Å²) < 4.78 is -1.86. The summed E-state index contributed by atoms with van der Waals surface area (Å²) in [7, 11) is 0. The minimum atomic E-state index is -1.86. The highest BCUT2D eigenvalue weighted by molar-refractivity contribution is 6.66. The predicted octanol–water partition coefficient (Wildman–Crippen LogP) is 4.94. The summed E-state index contributed by atoms with van der Waals surface area (Å²) in [5.41, 5.74) is 1.03. The van der Waals surface area contributed by atoms with Crippen molar-refractivity contribution in [2.24, 2.45) is 0 Å². The second kappa shape index (κ2) is 6.92. The van der Waals surface area contributed by atoms with Gasteiger partial charge in [0.25, 0.3) is 5.69 Å². The molecule has 0 spiro atoms. The van der Waals surface area contributed by atoms with Gasteiger partial charge in [0.15, 0.2) is 17.5 Å². The van der Waals surface area contributed by atoms with Crippen molar-refractivity contribution < 1.29 is 4.92 Å². The van der Waals surface area contributed by atoms with Gasteiger partial charge in [0.2, 0.25) is 3.79 Å². The second-order valence-corrected chi connectivity index (χ2v) is 7.26. The number of hydrogen-bond donors (Lipinski definition) is 0. The molecule has 6 nitrogen and oxygen atoms in total. The molecule has 25 heavy (non-hydrogen) atoms. The fourth-order valence-corrected chi connectivity index (χ4v) is 2.36. The lowest BCUT2D eigenvalue weighted by molar-refractivity contribution is -0.384. The first-order valence-corrected chi connectivity index (χ1v) is 8.11. The van der Waals surface area contributed by atoms with E-state index in [4.69, 9.17) is 34.8 Å². The molecule has 0 atom stereocenters. The minimum Gasteiger partial charge on any atom is -0.258 e. The molecule has 0 amide bonds. The van der Waals surface area contributed by atoms with Gasteiger partial charge in [-0.3, -0.25) is 10.1 Å². The molecule has 0 N–H and O–H groups in total. The molecule has 0 radical (unpaired) electrons. The first kappa shape index (κ1) is 17.5. The van der Waals surface area contributed by atoms with Crippen molar-refractivity contribution in [2.45, 2.75) is 3.79 Å². The Kier molecular flexibility index (Phi) is 4.85. The van der Waals surface area contributed by atoms with Crippen molar-refractivity contribution in [1.82, 2.24) is 15.0 Å². The molecule has 0 unspecified atom stereocenters. The van der Waals surface area contributed by atoms with Crippen LogP contribution < -0.4 is 0 Å². The first-order chi connectivity index (χ1) is 11.8. The van der Waals surface area contributed by atoms with E-state index < -0.39 is 8.72 Å². The molecule has 0 saturated heterocycles. The predicted molar refractivity (Wildman–Crippen MR) is 96.6 cm³/mol. The van der Waals surface area contributed by atoms with E-state index in [1.54, 1.807) is 18.2 Å². The van der Waals surface area contributed by atoms with Crippen molar-refractivity contribution in [2.75, 3.05) is 0 Å². The van der Waals surface area contributed by atoms with Gasteiger partial charge in [0.1, 0.15) is 0 Å². The van der Waals surface area contributed by atoms with E-state index >= 15 is 0 Å².